The molecule has 0 aliphatic carbocycles. The predicted octanol–water partition coefficient (Wildman–Crippen LogP) is 2.92. The molecule has 1 aromatic carbocycles. The first kappa shape index (κ1) is 15.5. The SMILES string of the molecule is CC(=O)N1CCC[C@H]1C(=O)O[C@H](C)c1cccc(C)c1C. The Hall–Kier alpha value is -1.84. The monoisotopic (exact) mass is 289 g/mol. The Bertz CT molecular complexity index is 553. The molecule has 1 aromatic rings. The molecule has 4 nitrogen and oxygen atoms in total. The minimum Gasteiger partial charge on any atom is -0.456 e. The van der Waals surface area contributed by atoms with Crippen LogP contribution in [0.25, 0.3) is 0 Å². The first-order valence-corrected chi connectivity index (χ1v) is 7.45. The van der Waals surface area contributed by atoms with Crippen molar-refractivity contribution in [2.45, 2.75) is 52.7 Å². The van der Waals surface area contributed by atoms with Crippen LogP contribution in [0.5, 0.6) is 0 Å². The lowest BCUT2D eigenvalue weighted by Crippen LogP contribution is -2.40. The lowest BCUT2D eigenvalue weighted by atomic mass is 10.00. The molecule has 1 aliphatic rings. The van der Waals surface area contributed by atoms with Crippen LogP contribution in [-0.4, -0.2) is 29.4 Å². The molecule has 21 heavy (non-hydrogen) atoms. The summed E-state index contributed by atoms with van der Waals surface area (Å²) in [6.45, 7) is 8.10. The summed E-state index contributed by atoms with van der Waals surface area (Å²) < 4.78 is 5.60. The number of rotatable bonds is 3. The Morgan fingerprint density at radius 3 is 2.71 bits per heavy atom. The minimum atomic E-state index is -0.421. The van der Waals surface area contributed by atoms with Gasteiger partial charge in [0.2, 0.25) is 5.91 Å². The number of hydrogen-bond donors (Lipinski definition) is 0. The molecule has 1 amide bonds. The molecular formula is C17H23NO3. The first-order chi connectivity index (χ1) is 9.91. The van der Waals surface area contributed by atoms with E-state index in [0.717, 1.165) is 17.5 Å². The Morgan fingerprint density at radius 2 is 2.05 bits per heavy atom. The second kappa shape index (κ2) is 6.29. The standard InChI is InChI=1S/C17H23NO3/c1-11-7-5-8-15(12(11)2)13(3)21-17(20)16-9-6-10-18(16)14(4)19/h5,7-8,13,16H,6,9-10H2,1-4H3/t13-,16+/m1/s1. The molecule has 2 rings (SSSR count). The molecular weight excluding hydrogens is 266 g/mol. The van der Waals surface area contributed by atoms with E-state index in [4.69, 9.17) is 4.74 Å². The third-order valence-electron chi connectivity index (χ3n) is 4.31. The largest absolute Gasteiger partial charge is 0.456 e. The zero-order chi connectivity index (χ0) is 15.6. The van der Waals surface area contributed by atoms with Gasteiger partial charge in [0.25, 0.3) is 0 Å². The van der Waals surface area contributed by atoms with Crippen LogP contribution in [0.3, 0.4) is 0 Å². The van der Waals surface area contributed by atoms with Crippen molar-refractivity contribution in [1.82, 2.24) is 4.90 Å². The van der Waals surface area contributed by atoms with Gasteiger partial charge in [-0.25, -0.2) is 4.79 Å². The maximum atomic E-state index is 12.3. The topological polar surface area (TPSA) is 46.6 Å². The Morgan fingerprint density at radius 1 is 1.33 bits per heavy atom. The molecule has 0 spiro atoms. The number of carbonyl (C=O) groups is 2. The highest BCUT2D eigenvalue weighted by atomic mass is 16.5. The van der Waals surface area contributed by atoms with Crippen molar-refractivity contribution in [3.05, 3.63) is 34.9 Å². The summed E-state index contributed by atoms with van der Waals surface area (Å²) in [5.74, 6) is -0.357. The molecule has 0 aromatic heterocycles. The molecule has 1 fully saturated rings. The van der Waals surface area contributed by atoms with E-state index in [1.165, 1.54) is 12.5 Å². The number of esters is 1. The molecule has 0 N–H and O–H groups in total. The second-order valence-electron chi connectivity index (χ2n) is 5.74. The van der Waals surface area contributed by atoms with Gasteiger partial charge in [0, 0.05) is 13.5 Å². The first-order valence-electron chi connectivity index (χ1n) is 7.45. The van der Waals surface area contributed by atoms with Crippen molar-refractivity contribution in [3.63, 3.8) is 0 Å². The summed E-state index contributed by atoms with van der Waals surface area (Å²) in [7, 11) is 0. The highest BCUT2D eigenvalue weighted by Gasteiger charge is 2.34. The van der Waals surface area contributed by atoms with Crippen molar-refractivity contribution < 1.29 is 14.3 Å². The summed E-state index contributed by atoms with van der Waals surface area (Å²) >= 11 is 0. The van der Waals surface area contributed by atoms with Crippen LogP contribution in [0.4, 0.5) is 0 Å². The number of carbonyl (C=O) groups excluding carboxylic acids is 2. The van der Waals surface area contributed by atoms with Crippen LogP contribution in [0.15, 0.2) is 18.2 Å². The van der Waals surface area contributed by atoms with Gasteiger partial charge in [-0.1, -0.05) is 18.2 Å². The van der Waals surface area contributed by atoms with Gasteiger partial charge in [-0.2, -0.15) is 0 Å². The molecule has 0 bridgehead atoms. The minimum absolute atomic E-state index is 0.0613. The molecule has 0 radical (unpaired) electrons. The van der Waals surface area contributed by atoms with E-state index in [9.17, 15) is 9.59 Å². The predicted molar refractivity (Wildman–Crippen MR) is 80.8 cm³/mol. The summed E-state index contributed by atoms with van der Waals surface area (Å²) in [5, 5.41) is 0. The smallest absolute Gasteiger partial charge is 0.329 e. The van der Waals surface area contributed by atoms with Gasteiger partial charge in [0.05, 0.1) is 0 Å². The van der Waals surface area contributed by atoms with Crippen LogP contribution in [0.2, 0.25) is 0 Å². The summed E-state index contributed by atoms with van der Waals surface area (Å²) in [4.78, 5) is 25.5. The summed E-state index contributed by atoms with van der Waals surface area (Å²) in [6, 6.07) is 5.58. The quantitative estimate of drug-likeness (QED) is 0.804. The van der Waals surface area contributed by atoms with Gasteiger partial charge in [-0.3, -0.25) is 4.79 Å². The number of likely N-dealkylation sites (tertiary alicyclic amines) is 1. The summed E-state index contributed by atoms with van der Waals surface area (Å²) in [6.07, 6.45) is 1.25. The van der Waals surface area contributed by atoms with E-state index in [1.807, 2.05) is 39.0 Å². The average molecular weight is 289 g/mol. The number of benzene rings is 1. The van der Waals surface area contributed by atoms with E-state index in [2.05, 4.69) is 0 Å². The van der Waals surface area contributed by atoms with E-state index < -0.39 is 6.04 Å². The van der Waals surface area contributed by atoms with Crippen LogP contribution in [0, 0.1) is 13.8 Å². The van der Waals surface area contributed by atoms with Crippen molar-refractivity contribution in [1.29, 1.82) is 0 Å². The van der Waals surface area contributed by atoms with Crippen LogP contribution < -0.4 is 0 Å². The molecule has 114 valence electrons. The fourth-order valence-corrected chi connectivity index (χ4v) is 2.92. The number of amides is 1. The Balaban J connectivity index is 2.09. The molecule has 2 atom stereocenters. The Labute approximate surface area is 126 Å². The number of ether oxygens (including phenoxy) is 1. The lowest BCUT2D eigenvalue weighted by molar-refractivity contribution is -0.157. The fourth-order valence-electron chi connectivity index (χ4n) is 2.92. The number of nitrogens with zero attached hydrogens (tertiary/aromatic N) is 1. The number of aryl methyl sites for hydroxylation is 1. The molecule has 1 saturated heterocycles. The van der Waals surface area contributed by atoms with Gasteiger partial charge in [-0.05, 0) is 50.3 Å². The van der Waals surface area contributed by atoms with E-state index in [-0.39, 0.29) is 18.0 Å². The van der Waals surface area contributed by atoms with E-state index in [0.29, 0.717) is 13.0 Å². The Kier molecular flexibility index (Phi) is 4.66. The highest BCUT2D eigenvalue weighted by molar-refractivity contribution is 5.84. The van der Waals surface area contributed by atoms with Gasteiger partial charge in [0.15, 0.2) is 0 Å². The van der Waals surface area contributed by atoms with Crippen LogP contribution in [-0.2, 0) is 14.3 Å². The number of hydrogen-bond acceptors (Lipinski definition) is 3. The van der Waals surface area contributed by atoms with E-state index >= 15 is 0 Å². The maximum absolute atomic E-state index is 12.3. The van der Waals surface area contributed by atoms with Crippen molar-refractivity contribution in [2.75, 3.05) is 6.54 Å². The van der Waals surface area contributed by atoms with Crippen molar-refractivity contribution in [2.24, 2.45) is 0 Å². The molecule has 0 saturated carbocycles. The molecule has 1 heterocycles. The fraction of sp³-hybridized carbons (Fsp3) is 0.529. The van der Waals surface area contributed by atoms with Crippen molar-refractivity contribution in [3.8, 4) is 0 Å². The van der Waals surface area contributed by atoms with Gasteiger partial charge in [0.1, 0.15) is 12.1 Å². The van der Waals surface area contributed by atoms with Gasteiger partial charge >= 0.3 is 5.97 Å². The van der Waals surface area contributed by atoms with Gasteiger partial charge in [-0.15, -0.1) is 0 Å². The third-order valence-corrected chi connectivity index (χ3v) is 4.31. The maximum Gasteiger partial charge on any atom is 0.329 e. The average Bonchev–Trinajstić information content (AvgIpc) is 2.91. The zero-order valence-corrected chi connectivity index (χ0v) is 13.2. The lowest BCUT2D eigenvalue weighted by Gasteiger charge is -2.24. The van der Waals surface area contributed by atoms with Crippen LogP contribution >= 0.6 is 0 Å². The van der Waals surface area contributed by atoms with E-state index in [1.54, 1.807) is 4.90 Å². The third kappa shape index (κ3) is 3.26. The van der Waals surface area contributed by atoms with Crippen molar-refractivity contribution >= 4 is 11.9 Å². The normalized spacial score (nSPS) is 19.4. The molecule has 4 heteroatoms. The van der Waals surface area contributed by atoms with Crippen LogP contribution in [0.1, 0.15) is 49.5 Å². The zero-order valence-electron chi connectivity index (χ0n) is 13.2. The second-order valence-corrected chi connectivity index (χ2v) is 5.74. The molecule has 1 aliphatic heterocycles. The highest BCUT2D eigenvalue weighted by Crippen LogP contribution is 2.26. The summed E-state index contributed by atoms with van der Waals surface area (Å²) in [5.41, 5.74) is 3.35. The van der Waals surface area contributed by atoms with Gasteiger partial charge < -0.3 is 9.64 Å². The molecule has 0 unspecified atom stereocenters.